The van der Waals surface area contributed by atoms with Crippen LogP contribution in [0.1, 0.15) is 68.1 Å². The lowest BCUT2D eigenvalue weighted by atomic mass is 9.87. The molecule has 0 bridgehead atoms. The molecule has 2 saturated heterocycles. The molecule has 268 valence electrons. The Morgan fingerprint density at radius 1 is 0.426 bits per heavy atom. The van der Waals surface area contributed by atoms with Gasteiger partial charge >= 0.3 is 0 Å². The number of piperidine rings is 2. The van der Waals surface area contributed by atoms with Crippen molar-refractivity contribution in [2.24, 2.45) is 0 Å². The third-order valence-electron chi connectivity index (χ3n) is 12.9. The number of allylic oxidation sites excluding steroid dienone is 4. The number of anilines is 7. The molecule has 4 heterocycles. The maximum Gasteiger partial charge on any atom is 0.0621 e. The van der Waals surface area contributed by atoms with Gasteiger partial charge in [-0.1, -0.05) is 78.9 Å². The van der Waals surface area contributed by atoms with Crippen molar-refractivity contribution in [3.63, 3.8) is 0 Å². The summed E-state index contributed by atoms with van der Waals surface area (Å²) in [6, 6.07) is 42.4. The zero-order valence-electron chi connectivity index (χ0n) is 31.2. The lowest BCUT2D eigenvalue weighted by Gasteiger charge is -2.40. The number of hydrogen-bond donors (Lipinski definition) is 0. The Bertz CT molecular complexity index is 2450. The molecule has 54 heavy (non-hydrogen) atoms. The molecular formula is C50H48N4. The molecule has 11 rings (SSSR count). The second kappa shape index (κ2) is 13.1. The van der Waals surface area contributed by atoms with Crippen LogP contribution < -0.4 is 19.6 Å². The van der Waals surface area contributed by atoms with E-state index in [9.17, 15) is 0 Å². The van der Waals surface area contributed by atoms with Gasteiger partial charge in [0.2, 0.25) is 0 Å². The monoisotopic (exact) mass is 704 g/mol. The largest absolute Gasteiger partial charge is 0.372 e. The van der Waals surface area contributed by atoms with Gasteiger partial charge in [-0.25, -0.2) is 0 Å². The van der Waals surface area contributed by atoms with E-state index in [1.807, 2.05) is 0 Å². The Morgan fingerprint density at radius 2 is 0.907 bits per heavy atom. The molecule has 0 aromatic heterocycles. The topological polar surface area (TPSA) is 13.0 Å². The fourth-order valence-electron chi connectivity index (χ4n) is 10.3. The summed E-state index contributed by atoms with van der Waals surface area (Å²) < 4.78 is 0. The molecule has 2 fully saturated rings. The lowest BCUT2D eigenvalue weighted by Crippen LogP contribution is -2.29. The van der Waals surface area contributed by atoms with Gasteiger partial charge in [0.25, 0.3) is 0 Å². The molecule has 0 spiro atoms. The van der Waals surface area contributed by atoms with Crippen LogP contribution in [0.25, 0.3) is 21.5 Å². The predicted octanol–water partition coefficient (Wildman–Crippen LogP) is 12.6. The van der Waals surface area contributed by atoms with Gasteiger partial charge in [-0.15, -0.1) is 0 Å². The summed E-state index contributed by atoms with van der Waals surface area (Å²) in [4.78, 5) is 10.6. The number of fused-ring (bicyclic) bond motifs is 5. The van der Waals surface area contributed by atoms with E-state index in [4.69, 9.17) is 0 Å². The lowest BCUT2D eigenvalue weighted by molar-refractivity contribution is 0.578. The minimum absolute atomic E-state index is 0.948. The minimum atomic E-state index is 0.948. The van der Waals surface area contributed by atoms with Crippen molar-refractivity contribution >= 4 is 61.4 Å². The fraction of sp³-hybridized carbons (Fsp3) is 0.280. The standard InChI is InChI=1S/C50H48N4/c1-11-27-51(28-12-1)39-23-25-41-43(33-39)49(53-45-19-7-3-15-35(45)31-36-16-4-8-20-46(36)53)42-26-24-40(52-29-13-2-14-30-52)34-44(42)50(41)54-47-21-9-5-17-37(47)32-38-18-6-10-22-48(38)54/h3-9,15-21,23-26,33-34H,1-2,10-14,22,27-32H2. The highest BCUT2D eigenvalue weighted by atomic mass is 15.2. The van der Waals surface area contributed by atoms with Crippen LogP contribution in [0.3, 0.4) is 0 Å². The molecule has 1 aliphatic carbocycles. The van der Waals surface area contributed by atoms with Crippen molar-refractivity contribution in [1.29, 1.82) is 0 Å². The highest BCUT2D eigenvalue weighted by Gasteiger charge is 2.33. The Kier molecular flexibility index (Phi) is 7.78. The molecule has 4 heteroatoms. The number of hydrogen-bond acceptors (Lipinski definition) is 4. The van der Waals surface area contributed by atoms with E-state index in [0.29, 0.717) is 0 Å². The van der Waals surface area contributed by atoms with Gasteiger partial charge in [-0.05, 0) is 116 Å². The molecule has 0 radical (unpaired) electrons. The van der Waals surface area contributed by atoms with Gasteiger partial charge < -0.3 is 19.6 Å². The highest BCUT2D eigenvalue weighted by molar-refractivity contribution is 6.24. The van der Waals surface area contributed by atoms with E-state index >= 15 is 0 Å². The number of rotatable bonds is 4. The molecule has 0 saturated carbocycles. The SMILES string of the molecule is C1=CC2=C(CC1)N(c1c3cc(N4CCCCC4)ccc3c(N3c4ccccc4Cc4ccccc43)c3cc(N4CCCCC4)ccc13)c1ccccc1C2. The maximum absolute atomic E-state index is 2.70. The average Bonchev–Trinajstić information content (AvgIpc) is 3.24. The molecule has 0 amide bonds. The Morgan fingerprint density at radius 3 is 1.46 bits per heavy atom. The van der Waals surface area contributed by atoms with E-state index in [-0.39, 0.29) is 0 Å². The quantitative estimate of drug-likeness (QED) is 0.169. The van der Waals surface area contributed by atoms with E-state index < -0.39 is 0 Å². The van der Waals surface area contributed by atoms with Crippen molar-refractivity contribution in [1.82, 2.24) is 0 Å². The fourth-order valence-corrected chi connectivity index (χ4v) is 10.3. The van der Waals surface area contributed by atoms with Crippen molar-refractivity contribution in [3.05, 3.63) is 149 Å². The third-order valence-corrected chi connectivity index (χ3v) is 12.9. The summed E-state index contributed by atoms with van der Waals surface area (Å²) in [5, 5.41) is 5.31. The molecule has 6 aromatic carbocycles. The molecule has 4 aliphatic heterocycles. The van der Waals surface area contributed by atoms with Crippen LogP contribution in [0, 0.1) is 0 Å². The van der Waals surface area contributed by atoms with Crippen molar-refractivity contribution in [2.75, 3.05) is 45.8 Å². The molecule has 6 aromatic rings. The van der Waals surface area contributed by atoms with Gasteiger partial charge in [-0.2, -0.15) is 0 Å². The van der Waals surface area contributed by atoms with E-state index in [0.717, 1.165) is 51.9 Å². The van der Waals surface area contributed by atoms with Crippen molar-refractivity contribution < 1.29 is 0 Å². The molecule has 0 unspecified atom stereocenters. The summed E-state index contributed by atoms with van der Waals surface area (Å²) in [6.07, 6.45) is 16.6. The third kappa shape index (κ3) is 5.17. The predicted molar refractivity (Wildman–Crippen MR) is 229 cm³/mol. The molecule has 5 aliphatic rings. The van der Waals surface area contributed by atoms with Crippen LogP contribution >= 0.6 is 0 Å². The van der Waals surface area contributed by atoms with Gasteiger partial charge in [0.05, 0.1) is 11.4 Å². The number of benzene rings is 6. The summed E-state index contributed by atoms with van der Waals surface area (Å²) >= 11 is 0. The van der Waals surface area contributed by atoms with Gasteiger partial charge in [0.15, 0.2) is 0 Å². The average molecular weight is 705 g/mol. The molecular weight excluding hydrogens is 657 g/mol. The summed E-state index contributed by atoms with van der Waals surface area (Å²) in [5.74, 6) is 0. The first-order chi connectivity index (χ1) is 26.8. The first kappa shape index (κ1) is 32.0. The van der Waals surface area contributed by atoms with Crippen LogP contribution in [0.15, 0.2) is 133 Å². The molecule has 0 N–H and O–H groups in total. The Balaban J connectivity index is 1.28. The van der Waals surface area contributed by atoms with Gasteiger partial charge in [0, 0.05) is 94.7 Å². The van der Waals surface area contributed by atoms with Gasteiger partial charge in [0.1, 0.15) is 0 Å². The highest BCUT2D eigenvalue weighted by Crippen LogP contribution is 2.55. The summed E-state index contributed by atoms with van der Waals surface area (Å²) in [7, 11) is 0. The minimum Gasteiger partial charge on any atom is -0.372 e. The van der Waals surface area contributed by atoms with Crippen molar-refractivity contribution in [2.45, 2.75) is 64.2 Å². The van der Waals surface area contributed by atoms with Crippen LogP contribution in [0.5, 0.6) is 0 Å². The van der Waals surface area contributed by atoms with Crippen LogP contribution in [-0.4, -0.2) is 26.2 Å². The molecule has 4 nitrogen and oxygen atoms in total. The van der Waals surface area contributed by atoms with Crippen LogP contribution in [0.2, 0.25) is 0 Å². The number of para-hydroxylation sites is 3. The van der Waals surface area contributed by atoms with Crippen LogP contribution in [-0.2, 0) is 12.8 Å². The first-order valence-corrected chi connectivity index (χ1v) is 20.6. The van der Waals surface area contributed by atoms with Crippen LogP contribution in [0.4, 0.5) is 39.8 Å². The summed E-state index contributed by atoms with van der Waals surface area (Å²) in [6.45, 7) is 4.50. The maximum atomic E-state index is 2.70. The zero-order chi connectivity index (χ0) is 35.6. The molecule has 0 atom stereocenters. The smallest absolute Gasteiger partial charge is 0.0621 e. The zero-order valence-corrected chi connectivity index (χ0v) is 31.2. The summed E-state index contributed by atoms with van der Waals surface area (Å²) in [5.41, 5.74) is 16.3. The Labute approximate surface area is 319 Å². The first-order valence-electron chi connectivity index (χ1n) is 20.6. The van der Waals surface area contributed by atoms with Gasteiger partial charge in [-0.3, -0.25) is 0 Å². The second-order valence-electron chi connectivity index (χ2n) is 16.1. The second-order valence-corrected chi connectivity index (χ2v) is 16.1. The number of nitrogens with zero attached hydrogens (tertiary/aromatic N) is 4. The van der Waals surface area contributed by atoms with E-state index in [2.05, 4.69) is 141 Å². The Hall–Kier alpha value is -5.48. The van der Waals surface area contributed by atoms with E-state index in [1.54, 1.807) is 0 Å². The van der Waals surface area contributed by atoms with Crippen molar-refractivity contribution in [3.8, 4) is 0 Å². The van der Waals surface area contributed by atoms with E-state index in [1.165, 1.54) is 128 Å². The normalized spacial score (nSPS) is 18.1.